The second-order valence-electron chi connectivity index (χ2n) is 8.13. The number of hydrogen-bond donors (Lipinski definition) is 2. The first kappa shape index (κ1) is 19.5. The third-order valence-corrected chi connectivity index (χ3v) is 6.34. The van der Waals surface area contributed by atoms with Gasteiger partial charge in [0.05, 0.1) is 12.5 Å². The number of nitrogens with zero attached hydrogens (tertiary/aromatic N) is 1. The fraction of sp³-hybridized carbons (Fsp3) is 0.231. The van der Waals surface area contributed by atoms with E-state index < -0.39 is 18.6 Å². The van der Waals surface area contributed by atoms with E-state index in [2.05, 4.69) is 11.4 Å². The van der Waals surface area contributed by atoms with Crippen molar-refractivity contribution in [3.8, 4) is 11.1 Å². The van der Waals surface area contributed by atoms with E-state index in [-0.39, 0.29) is 11.8 Å². The van der Waals surface area contributed by atoms with Crippen molar-refractivity contribution in [1.29, 1.82) is 0 Å². The largest absolute Gasteiger partial charge is 0.394 e. The maximum Gasteiger partial charge on any atom is 0.247 e. The van der Waals surface area contributed by atoms with Crippen LogP contribution in [0.5, 0.6) is 0 Å². The number of amides is 2. The van der Waals surface area contributed by atoms with Gasteiger partial charge in [0.25, 0.3) is 0 Å². The average Bonchev–Trinajstić information content (AvgIpc) is 3.16. The lowest BCUT2D eigenvalue weighted by atomic mass is 9.95. The maximum absolute atomic E-state index is 13.3. The molecule has 3 aromatic carbocycles. The Bertz CT molecular complexity index is 1110. The molecule has 0 saturated carbocycles. The highest BCUT2D eigenvalue weighted by atomic mass is 16.3. The van der Waals surface area contributed by atoms with Gasteiger partial charge in [0.2, 0.25) is 11.8 Å². The minimum Gasteiger partial charge on any atom is -0.394 e. The van der Waals surface area contributed by atoms with Crippen LogP contribution in [-0.4, -0.2) is 41.0 Å². The monoisotopic (exact) mass is 412 g/mol. The van der Waals surface area contributed by atoms with E-state index in [1.165, 1.54) is 5.56 Å². The van der Waals surface area contributed by atoms with Crippen molar-refractivity contribution < 1.29 is 14.7 Å². The lowest BCUT2D eigenvalue weighted by Crippen LogP contribution is -2.52. The van der Waals surface area contributed by atoms with Crippen molar-refractivity contribution in [1.82, 2.24) is 10.2 Å². The van der Waals surface area contributed by atoms with Gasteiger partial charge in [-0.1, -0.05) is 72.8 Å². The standard InChI is InChI=1S/C26H24N2O3/c29-16-23(26(31)28-14-13-17-7-1-2-8-18(17)15-28)27-25(30)24-21-11-5-3-9-19(21)20-10-4-6-12-22(20)24/h1-12,23-24,29H,13-16H2,(H,27,30)/t23-/m0/s1. The van der Waals surface area contributed by atoms with Gasteiger partial charge < -0.3 is 15.3 Å². The van der Waals surface area contributed by atoms with Crippen LogP contribution < -0.4 is 5.32 Å². The molecule has 0 aromatic heterocycles. The second kappa shape index (κ2) is 8.00. The maximum atomic E-state index is 13.3. The van der Waals surface area contributed by atoms with Gasteiger partial charge in [0.15, 0.2) is 0 Å². The molecule has 1 aliphatic carbocycles. The smallest absolute Gasteiger partial charge is 0.247 e. The van der Waals surface area contributed by atoms with Crippen LogP contribution >= 0.6 is 0 Å². The van der Waals surface area contributed by atoms with Gasteiger partial charge in [0.1, 0.15) is 6.04 Å². The summed E-state index contributed by atoms with van der Waals surface area (Å²) in [5.74, 6) is -0.997. The zero-order valence-electron chi connectivity index (χ0n) is 17.1. The molecule has 2 aliphatic rings. The van der Waals surface area contributed by atoms with Gasteiger partial charge in [-0.3, -0.25) is 9.59 Å². The summed E-state index contributed by atoms with van der Waals surface area (Å²) in [4.78, 5) is 28.2. The van der Waals surface area contributed by atoms with Crippen LogP contribution in [0.1, 0.15) is 28.2 Å². The molecule has 0 radical (unpaired) electrons. The van der Waals surface area contributed by atoms with Gasteiger partial charge in [-0.15, -0.1) is 0 Å². The van der Waals surface area contributed by atoms with Crippen molar-refractivity contribution in [2.75, 3.05) is 13.2 Å². The number of fused-ring (bicyclic) bond motifs is 4. The molecule has 5 heteroatoms. The normalized spacial score (nSPS) is 15.6. The molecule has 156 valence electrons. The van der Waals surface area contributed by atoms with E-state index in [1.807, 2.05) is 66.7 Å². The van der Waals surface area contributed by atoms with E-state index in [4.69, 9.17) is 0 Å². The van der Waals surface area contributed by atoms with Crippen LogP contribution in [-0.2, 0) is 22.6 Å². The van der Waals surface area contributed by atoms with Gasteiger partial charge >= 0.3 is 0 Å². The highest BCUT2D eigenvalue weighted by Gasteiger charge is 2.36. The first-order valence-corrected chi connectivity index (χ1v) is 10.6. The lowest BCUT2D eigenvalue weighted by molar-refractivity contribution is -0.138. The van der Waals surface area contributed by atoms with Crippen LogP contribution in [0.25, 0.3) is 11.1 Å². The molecule has 3 aromatic rings. The zero-order chi connectivity index (χ0) is 21.4. The molecule has 1 atom stereocenters. The fourth-order valence-corrected chi connectivity index (χ4v) is 4.78. The first-order chi connectivity index (χ1) is 15.2. The molecule has 0 saturated heterocycles. The number of aliphatic hydroxyl groups excluding tert-OH is 1. The number of carbonyl (C=O) groups excluding carboxylic acids is 2. The van der Waals surface area contributed by atoms with Crippen molar-refractivity contribution >= 4 is 11.8 Å². The Balaban J connectivity index is 1.37. The second-order valence-corrected chi connectivity index (χ2v) is 8.13. The molecular formula is C26H24N2O3. The van der Waals surface area contributed by atoms with Crippen LogP contribution in [0.2, 0.25) is 0 Å². The predicted molar refractivity (Wildman–Crippen MR) is 118 cm³/mol. The van der Waals surface area contributed by atoms with Crippen LogP contribution in [0.4, 0.5) is 0 Å². The van der Waals surface area contributed by atoms with E-state index >= 15 is 0 Å². The highest BCUT2D eigenvalue weighted by Crippen LogP contribution is 2.44. The third kappa shape index (κ3) is 3.41. The molecule has 31 heavy (non-hydrogen) atoms. The number of hydrogen-bond acceptors (Lipinski definition) is 3. The zero-order valence-corrected chi connectivity index (χ0v) is 17.1. The van der Waals surface area contributed by atoms with Crippen LogP contribution in [0, 0.1) is 0 Å². The van der Waals surface area contributed by atoms with Crippen LogP contribution in [0.3, 0.4) is 0 Å². The number of nitrogens with one attached hydrogen (secondary N) is 1. The minimum atomic E-state index is -0.960. The van der Waals surface area contributed by atoms with Gasteiger partial charge in [0, 0.05) is 13.1 Å². The lowest BCUT2D eigenvalue weighted by Gasteiger charge is -2.32. The SMILES string of the molecule is O=C(N[C@@H](CO)C(=O)N1CCc2ccccc2C1)C1c2ccccc2-c2ccccc21. The van der Waals surface area contributed by atoms with E-state index in [0.29, 0.717) is 13.1 Å². The number of aliphatic hydroxyl groups is 1. The summed E-state index contributed by atoms with van der Waals surface area (Å²) < 4.78 is 0. The van der Waals surface area contributed by atoms with Gasteiger partial charge in [-0.2, -0.15) is 0 Å². The van der Waals surface area contributed by atoms with Crippen LogP contribution in [0.15, 0.2) is 72.8 Å². The summed E-state index contributed by atoms with van der Waals surface area (Å²) in [6.45, 7) is 0.645. The Kier molecular flexibility index (Phi) is 5.04. The summed E-state index contributed by atoms with van der Waals surface area (Å²) in [6, 6.07) is 22.8. The molecule has 0 bridgehead atoms. The highest BCUT2D eigenvalue weighted by molar-refractivity contribution is 5.98. The molecule has 0 fully saturated rings. The molecule has 1 aliphatic heterocycles. The number of rotatable bonds is 4. The van der Waals surface area contributed by atoms with E-state index in [9.17, 15) is 14.7 Å². The quantitative estimate of drug-likeness (QED) is 0.692. The molecular weight excluding hydrogens is 388 g/mol. The van der Waals surface area contributed by atoms with Gasteiger partial charge in [-0.25, -0.2) is 0 Å². The molecule has 0 spiro atoms. The van der Waals surface area contributed by atoms with E-state index in [1.54, 1.807) is 4.90 Å². The fourth-order valence-electron chi connectivity index (χ4n) is 4.78. The first-order valence-electron chi connectivity index (χ1n) is 10.6. The number of benzene rings is 3. The Morgan fingerprint density at radius 1 is 0.903 bits per heavy atom. The average molecular weight is 412 g/mol. The summed E-state index contributed by atoms with van der Waals surface area (Å²) >= 11 is 0. The molecule has 2 N–H and O–H groups in total. The molecule has 5 rings (SSSR count). The Morgan fingerprint density at radius 2 is 1.48 bits per heavy atom. The Labute approximate surface area is 181 Å². The Hall–Kier alpha value is -3.44. The molecule has 5 nitrogen and oxygen atoms in total. The van der Waals surface area contributed by atoms with Crippen molar-refractivity contribution in [3.63, 3.8) is 0 Å². The van der Waals surface area contributed by atoms with Crippen molar-refractivity contribution in [3.05, 3.63) is 95.1 Å². The topological polar surface area (TPSA) is 69.6 Å². The van der Waals surface area contributed by atoms with E-state index in [0.717, 1.165) is 34.2 Å². The summed E-state index contributed by atoms with van der Waals surface area (Å²) in [7, 11) is 0. The third-order valence-electron chi connectivity index (χ3n) is 6.34. The van der Waals surface area contributed by atoms with Crippen molar-refractivity contribution in [2.45, 2.75) is 24.9 Å². The summed E-state index contributed by atoms with van der Waals surface area (Å²) in [6.07, 6.45) is 0.775. The molecule has 2 amide bonds. The van der Waals surface area contributed by atoms with Crippen molar-refractivity contribution in [2.24, 2.45) is 0 Å². The van der Waals surface area contributed by atoms with Gasteiger partial charge in [-0.05, 0) is 39.8 Å². The Morgan fingerprint density at radius 3 is 2.13 bits per heavy atom. The summed E-state index contributed by atoms with van der Waals surface area (Å²) in [5.41, 5.74) is 6.30. The minimum absolute atomic E-state index is 0.245. The summed E-state index contributed by atoms with van der Waals surface area (Å²) in [5, 5.41) is 12.8. The predicted octanol–water partition coefficient (Wildman–Crippen LogP) is 2.86. The molecule has 0 unspecified atom stereocenters. The molecule has 1 heterocycles. The number of carbonyl (C=O) groups is 2.